The lowest BCUT2D eigenvalue weighted by molar-refractivity contribution is -0.144. The molecule has 0 saturated carbocycles. The van der Waals surface area contributed by atoms with Crippen LogP contribution in [0.2, 0.25) is 0 Å². The number of rotatable bonds is 8. The van der Waals surface area contributed by atoms with Gasteiger partial charge in [0.05, 0.1) is 13.7 Å². The number of nitrogens with one attached hydrogen (secondary N) is 1. The van der Waals surface area contributed by atoms with Crippen LogP contribution in [0.1, 0.15) is 31.4 Å². The second-order valence-corrected chi connectivity index (χ2v) is 5.02. The minimum atomic E-state index is -0.268. The molecule has 0 aliphatic carbocycles. The number of esters is 1. The van der Waals surface area contributed by atoms with Crippen molar-refractivity contribution in [2.45, 2.75) is 39.5 Å². The fourth-order valence-corrected chi connectivity index (χ4v) is 2.10. The van der Waals surface area contributed by atoms with Crippen LogP contribution < -0.4 is 5.32 Å². The van der Waals surface area contributed by atoms with Gasteiger partial charge in [0, 0.05) is 13.7 Å². The van der Waals surface area contributed by atoms with Crippen molar-refractivity contribution in [3.63, 3.8) is 0 Å². The van der Waals surface area contributed by atoms with E-state index in [2.05, 4.69) is 25.2 Å². The molecular formula is C16H25NO3. The lowest BCUT2D eigenvalue weighted by Gasteiger charge is -2.22. The first-order valence-electron chi connectivity index (χ1n) is 7.00. The van der Waals surface area contributed by atoms with Gasteiger partial charge in [-0.15, -0.1) is 0 Å². The van der Waals surface area contributed by atoms with Crippen LogP contribution >= 0.6 is 0 Å². The average molecular weight is 279 g/mol. The van der Waals surface area contributed by atoms with E-state index in [4.69, 9.17) is 9.47 Å². The summed E-state index contributed by atoms with van der Waals surface area (Å²) in [4.78, 5) is 11.8. The van der Waals surface area contributed by atoms with Crippen LogP contribution in [0.5, 0.6) is 0 Å². The molecule has 20 heavy (non-hydrogen) atoms. The maximum absolute atomic E-state index is 11.8. The zero-order valence-electron chi connectivity index (χ0n) is 12.8. The van der Waals surface area contributed by atoms with Crippen molar-refractivity contribution in [1.29, 1.82) is 0 Å². The molecule has 2 unspecified atom stereocenters. The van der Waals surface area contributed by atoms with E-state index in [9.17, 15) is 4.79 Å². The normalized spacial score (nSPS) is 13.8. The SMILES string of the molecule is CCC(C)C(NCc1cccc(COC)c1)C(=O)OC. The van der Waals surface area contributed by atoms with E-state index >= 15 is 0 Å². The van der Waals surface area contributed by atoms with E-state index in [1.165, 1.54) is 7.11 Å². The number of carbonyl (C=O) groups excluding carboxylic acids is 1. The van der Waals surface area contributed by atoms with Gasteiger partial charge in [-0.25, -0.2) is 0 Å². The van der Waals surface area contributed by atoms with Crippen molar-refractivity contribution in [3.8, 4) is 0 Å². The van der Waals surface area contributed by atoms with Crippen molar-refractivity contribution in [3.05, 3.63) is 35.4 Å². The van der Waals surface area contributed by atoms with Crippen molar-refractivity contribution < 1.29 is 14.3 Å². The highest BCUT2D eigenvalue weighted by molar-refractivity contribution is 5.75. The summed E-state index contributed by atoms with van der Waals surface area (Å²) in [5, 5.41) is 3.29. The quantitative estimate of drug-likeness (QED) is 0.743. The fourth-order valence-electron chi connectivity index (χ4n) is 2.10. The first-order chi connectivity index (χ1) is 9.62. The van der Waals surface area contributed by atoms with Crippen LogP contribution in [-0.2, 0) is 27.4 Å². The van der Waals surface area contributed by atoms with Crippen molar-refractivity contribution in [2.24, 2.45) is 5.92 Å². The first kappa shape index (κ1) is 16.7. The van der Waals surface area contributed by atoms with E-state index in [1.54, 1.807) is 7.11 Å². The molecule has 4 heteroatoms. The second-order valence-electron chi connectivity index (χ2n) is 5.02. The molecule has 1 aromatic carbocycles. The van der Waals surface area contributed by atoms with Gasteiger partial charge in [-0.1, -0.05) is 44.5 Å². The summed E-state index contributed by atoms with van der Waals surface area (Å²) in [7, 11) is 3.11. The van der Waals surface area contributed by atoms with E-state index in [0.29, 0.717) is 13.2 Å². The molecule has 0 fully saturated rings. The molecule has 0 spiro atoms. The molecule has 0 aliphatic heterocycles. The van der Waals surface area contributed by atoms with Crippen LogP contribution in [0.15, 0.2) is 24.3 Å². The Morgan fingerprint density at radius 1 is 1.30 bits per heavy atom. The van der Waals surface area contributed by atoms with Gasteiger partial charge in [-0.2, -0.15) is 0 Å². The predicted molar refractivity (Wildman–Crippen MR) is 79.3 cm³/mol. The zero-order valence-corrected chi connectivity index (χ0v) is 12.8. The van der Waals surface area contributed by atoms with Gasteiger partial charge in [-0.3, -0.25) is 4.79 Å². The van der Waals surface area contributed by atoms with Crippen LogP contribution in [0.3, 0.4) is 0 Å². The maximum atomic E-state index is 11.8. The van der Waals surface area contributed by atoms with Crippen LogP contribution in [-0.4, -0.2) is 26.2 Å². The number of methoxy groups -OCH3 is 2. The Labute approximate surface area is 121 Å². The highest BCUT2D eigenvalue weighted by Gasteiger charge is 2.23. The molecule has 0 radical (unpaired) electrons. The van der Waals surface area contributed by atoms with Gasteiger partial charge in [0.25, 0.3) is 0 Å². The molecule has 0 saturated heterocycles. The summed E-state index contributed by atoms with van der Waals surface area (Å²) in [5.41, 5.74) is 2.27. The molecule has 2 atom stereocenters. The summed E-state index contributed by atoms with van der Waals surface area (Å²) in [6, 6.07) is 7.89. The van der Waals surface area contributed by atoms with Crippen molar-refractivity contribution >= 4 is 5.97 Å². The fraction of sp³-hybridized carbons (Fsp3) is 0.562. The Morgan fingerprint density at radius 3 is 2.60 bits per heavy atom. The highest BCUT2D eigenvalue weighted by Crippen LogP contribution is 2.11. The molecule has 0 amide bonds. The molecule has 0 bridgehead atoms. The van der Waals surface area contributed by atoms with E-state index < -0.39 is 0 Å². The number of benzene rings is 1. The lowest BCUT2D eigenvalue weighted by Crippen LogP contribution is -2.42. The molecule has 112 valence electrons. The predicted octanol–water partition coefficient (Wildman–Crippen LogP) is 2.51. The van der Waals surface area contributed by atoms with E-state index in [1.807, 2.05) is 18.2 Å². The number of hydrogen-bond donors (Lipinski definition) is 1. The topological polar surface area (TPSA) is 47.6 Å². The Bertz CT molecular complexity index is 420. The Balaban J connectivity index is 2.67. The average Bonchev–Trinajstić information content (AvgIpc) is 2.47. The standard InChI is InChI=1S/C16H25NO3/c1-5-12(2)15(16(18)20-4)17-10-13-7-6-8-14(9-13)11-19-3/h6-9,12,15,17H,5,10-11H2,1-4H3. The summed E-state index contributed by atoms with van der Waals surface area (Å²) < 4.78 is 9.99. The molecule has 4 nitrogen and oxygen atoms in total. The Morgan fingerprint density at radius 2 is 2.00 bits per heavy atom. The smallest absolute Gasteiger partial charge is 0.323 e. The van der Waals surface area contributed by atoms with Gasteiger partial charge < -0.3 is 14.8 Å². The van der Waals surface area contributed by atoms with Gasteiger partial charge in [0.15, 0.2) is 0 Å². The molecule has 0 aromatic heterocycles. The molecule has 0 heterocycles. The summed E-state index contributed by atoms with van der Waals surface area (Å²) in [5.74, 6) is 0.0389. The van der Waals surface area contributed by atoms with Crippen molar-refractivity contribution in [1.82, 2.24) is 5.32 Å². The van der Waals surface area contributed by atoms with E-state index in [0.717, 1.165) is 17.5 Å². The number of carbonyl (C=O) groups is 1. The third kappa shape index (κ3) is 4.94. The Hall–Kier alpha value is -1.39. The van der Waals surface area contributed by atoms with Crippen molar-refractivity contribution in [2.75, 3.05) is 14.2 Å². The van der Waals surface area contributed by atoms with Gasteiger partial charge >= 0.3 is 5.97 Å². The summed E-state index contributed by atoms with van der Waals surface area (Å²) in [6.45, 7) is 5.36. The number of ether oxygens (including phenoxy) is 2. The molecule has 0 aliphatic rings. The minimum Gasteiger partial charge on any atom is -0.468 e. The minimum absolute atomic E-state index is 0.201. The highest BCUT2D eigenvalue weighted by atomic mass is 16.5. The van der Waals surface area contributed by atoms with Gasteiger partial charge in [-0.05, 0) is 17.0 Å². The Kier molecular flexibility index (Phi) is 7.26. The van der Waals surface area contributed by atoms with Crippen LogP contribution in [0.4, 0.5) is 0 Å². The first-order valence-corrected chi connectivity index (χ1v) is 7.00. The molecule has 1 N–H and O–H groups in total. The maximum Gasteiger partial charge on any atom is 0.323 e. The van der Waals surface area contributed by atoms with E-state index in [-0.39, 0.29) is 17.9 Å². The molecule has 1 rings (SSSR count). The molecular weight excluding hydrogens is 254 g/mol. The summed E-state index contributed by atoms with van der Waals surface area (Å²) >= 11 is 0. The van der Waals surface area contributed by atoms with Crippen LogP contribution in [0, 0.1) is 5.92 Å². The van der Waals surface area contributed by atoms with Gasteiger partial charge in [0.2, 0.25) is 0 Å². The number of hydrogen-bond acceptors (Lipinski definition) is 4. The molecule has 1 aromatic rings. The second kappa shape index (κ2) is 8.72. The third-order valence-corrected chi connectivity index (χ3v) is 3.50. The lowest BCUT2D eigenvalue weighted by atomic mass is 9.99. The van der Waals surface area contributed by atoms with Gasteiger partial charge in [0.1, 0.15) is 6.04 Å². The third-order valence-electron chi connectivity index (χ3n) is 3.50. The summed E-state index contributed by atoms with van der Waals surface area (Å²) in [6.07, 6.45) is 0.927. The largest absolute Gasteiger partial charge is 0.468 e. The van der Waals surface area contributed by atoms with Crippen LogP contribution in [0.25, 0.3) is 0 Å². The zero-order chi connectivity index (χ0) is 15.0. The monoisotopic (exact) mass is 279 g/mol.